The molecule has 2 rings (SSSR count). The molecule has 4 heteroatoms. The highest BCUT2D eigenvalue weighted by Crippen LogP contribution is 2.29. The minimum absolute atomic E-state index is 0.0359. The molecule has 0 spiro atoms. The molecule has 3 nitrogen and oxygen atoms in total. The van der Waals surface area contributed by atoms with Crippen molar-refractivity contribution in [3.8, 4) is 5.75 Å². The third-order valence-corrected chi connectivity index (χ3v) is 3.48. The zero-order valence-corrected chi connectivity index (χ0v) is 12.8. The molecule has 0 saturated carbocycles. The normalized spacial score (nSPS) is 13.6. The smallest absolute Gasteiger partial charge is 0.250 e. The van der Waals surface area contributed by atoms with Crippen LogP contribution in [-0.2, 0) is 4.79 Å². The summed E-state index contributed by atoms with van der Waals surface area (Å²) in [5.74, 6) is 1.38. The van der Waals surface area contributed by atoms with Crippen molar-refractivity contribution in [3.05, 3.63) is 33.8 Å². The van der Waals surface area contributed by atoms with Crippen molar-refractivity contribution in [2.24, 2.45) is 5.92 Å². The van der Waals surface area contributed by atoms with Crippen molar-refractivity contribution in [2.75, 3.05) is 13.2 Å². The summed E-state index contributed by atoms with van der Waals surface area (Å²) in [5.41, 5.74) is 1.61. The van der Waals surface area contributed by atoms with E-state index in [4.69, 9.17) is 4.74 Å². The Hall–Kier alpha value is -1.29. The number of ether oxygens (including phenoxy) is 1. The van der Waals surface area contributed by atoms with E-state index in [1.54, 1.807) is 0 Å². The van der Waals surface area contributed by atoms with E-state index in [1.165, 1.54) is 0 Å². The molecule has 1 aliphatic rings. The van der Waals surface area contributed by atoms with Gasteiger partial charge in [0, 0.05) is 16.6 Å². The zero-order valence-electron chi connectivity index (χ0n) is 11.2. The highest BCUT2D eigenvalue weighted by atomic mass is 79.9. The van der Waals surface area contributed by atoms with Gasteiger partial charge in [-0.25, -0.2) is 0 Å². The quantitative estimate of drug-likeness (QED) is 0.922. The first-order valence-corrected chi connectivity index (χ1v) is 7.26. The molecule has 0 aliphatic carbocycles. The van der Waals surface area contributed by atoms with Crippen molar-refractivity contribution in [1.29, 1.82) is 0 Å². The summed E-state index contributed by atoms with van der Waals surface area (Å²) in [7, 11) is 0. The summed E-state index contributed by atoms with van der Waals surface area (Å²) in [4.78, 5) is 12.0. The van der Waals surface area contributed by atoms with Gasteiger partial charge in [0.1, 0.15) is 12.4 Å². The molecule has 0 saturated heterocycles. The Morgan fingerprint density at radius 2 is 2.26 bits per heavy atom. The van der Waals surface area contributed by atoms with Crippen LogP contribution in [0, 0.1) is 5.92 Å². The maximum Gasteiger partial charge on any atom is 0.250 e. The molecular weight excluding hydrogens is 306 g/mol. The van der Waals surface area contributed by atoms with Crippen LogP contribution in [0.2, 0.25) is 0 Å². The average molecular weight is 324 g/mol. The van der Waals surface area contributed by atoms with Crippen molar-refractivity contribution in [3.63, 3.8) is 0 Å². The minimum atomic E-state index is -0.0359. The van der Waals surface area contributed by atoms with Crippen LogP contribution in [0.3, 0.4) is 0 Å². The van der Waals surface area contributed by atoms with Gasteiger partial charge >= 0.3 is 0 Å². The van der Waals surface area contributed by atoms with Crippen LogP contribution in [0.15, 0.2) is 28.2 Å². The molecule has 1 aromatic carbocycles. The molecule has 19 heavy (non-hydrogen) atoms. The van der Waals surface area contributed by atoms with Gasteiger partial charge in [0.15, 0.2) is 0 Å². The number of halogens is 1. The zero-order chi connectivity index (χ0) is 13.8. The van der Waals surface area contributed by atoms with Gasteiger partial charge in [-0.3, -0.25) is 4.79 Å². The van der Waals surface area contributed by atoms with Crippen LogP contribution in [0.1, 0.15) is 25.8 Å². The van der Waals surface area contributed by atoms with Gasteiger partial charge in [-0.2, -0.15) is 0 Å². The van der Waals surface area contributed by atoms with Gasteiger partial charge in [-0.15, -0.1) is 0 Å². The topological polar surface area (TPSA) is 38.3 Å². The van der Waals surface area contributed by atoms with E-state index in [1.807, 2.05) is 24.3 Å². The lowest BCUT2D eigenvalue weighted by molar-refractivity contribution is -0.117. The Kier molecular flexibility index (Phi) is 4.64. The molecule has 1 heterocycles. The predicted molar refractivity (Wildman–Crippen MR) is 80.1 cm³/mol. The lowest BCUT2D eigenvalue weighted by atomic mass is 10.1. The Labute approximate surface area is 122 Å². The van der Waals surface area contributed by atoms with E-state index >= 15 is 0 Å². The minimum Gasteiger partial charge on any atom is -0.488 e. The van der Waals surface area contributed by atoms with Crippen LogP contribution < -0.4 is 10.1 Å². The lowest BCUT2D eigenvalue weighted by Gasteiger charge is -2.18. The third-order valence-electron chi connectivity index (χ3n) is 2.98. The second-order valence-corrected chi connectivity index (χ2v) is 5.99. The largest absolute Gasteiger partial charge is 0.488 e. The van der Waals surface area contributed by atoms with Gasteiger partial charge in [-0.1, -0.05) is 29.8 Å². The molecule has 0 atom stereocenters. The molecular formula is C15H18BrNO2. The Balaban J connectivity index is 2.03. The van der Waals surface area contributed by atoms with Crippen LogP contribution >= 0.6 is 15.9 Å². The number of carbonyl (C=O) groups excluding carboxylic acids is 1. The monoisotopic (exact) mass is 323 g/mol. The molecule has 102 valence electrons. The first-order valence-electron chi connectivity index (χ1n) is 6.47. The Bertz CT molecular complexity index is 509. The van der Waals surface area contributed by atoms with Crippen LogP contribution in [0.4, 0.5) is 0 Å². The number of rotatable bonds is 4. The summed E-state index contributed by atoms with van der Waals surface area (Å²) in [6, 6.07) is 5.79. The molecule has 0 radical (unpaired) electrons. The summed E-state index contributed by atoms with van der Waals surface area (Å²) in [6.45, 7) is 5.33. The first kappa shape index (κ1) is 14.1. The molecule has 1 aliphatic heterocycles. The summed E-state index contributed by atoms with van der Waals surface area (Å²) in [5, 5.41) is 2.93. The molecule has 1 aromatic rings. The first-order chi connectivity index (χ1) is 9.06. The standard InChI is InChI=1S/C15H18BrNO2/c1-10(2)5-6-17-15(18)12-7-11-8-13(16)3-4-14(11)19-9-12/h3-4,7-8,10H,5-6,9H2,1-2H3,(H,17,18). The highest BCUT2D eigenvalue weighted by molar-refractivity contribution is 9.10. The number of fused-ring (bicyclic) bond motifs is 1. The van der Waals surface area contributed by atoms with E-state index in [-0.39, 0.29) is 5.91 Å². The predicted octanol–water partition coefficient (Wildman–Crippen LogP) is 3.39. The fourth-order valence-electron chi connectivity index (χ4n) is 1.87. The van der Waals surface area contributed by atoms with Crippen molar-refractivity contribution in [1.82, 2.24) is 5.32 Å². The maximum atomic E-state index is 12.0. The van der Waals surface area contributed by atoms with E-state index in [0.29, 0.717) is 24.6 Å². The molecule has 0 aromatic heterocycles. The maximum absolute atomic E-state index is 12.0. The van der Waals surface area contributed by atoms with Gasteiger partial charge in [-0.05, 0) is 36.6 Å². The SMILES string of the molecule is CC(C)CCNC(=O)C1=Cc2cc(Br)ccc2OC1. The fourth-order valence-corrected chi connectivity index (χ4v) is 2.25. The number of carbonyl (C=O) groups is 1. The number of hydrogen-bond donors (Lipinski definition) is 1. The average Bonchev–Trinajstić information content (AvgIpc) is 2.37. The van der Waals surface area contributed by atoms with Crippen LogP contribution in [-0.4, -0.2) is 19.1 Å². The molecule has 1 amide bonds. The summed E-state index contributed by atoms with van der Waals surface area (Å²) in [6.07, 6.45) is 2.89. The second kappa shape index (κ2) is 6.24. The van der Waals surface area contributed by atoms with E-state index in [0.717, 1.165) is 22.2 Å². The van der Waals surface area contributed by atoms with Crippen molar-refractivity contribution >= 4 is 27.9 Å². The molecule has 0 fully saturated rings. The van der Waals surface area contributed by atoms with E-state index in [2.05, 4.69) is 35.1 Å². The molecule has 1 N–H and O–H groups in total. The molecule has 0 unspecified atom stereocenters. The third kappa shape index (κ3) is 3.83. The highest BCUT2D eigenvalue weighted by Gasteiger charge is 2.17. The number of amides is 1. The van der Waals surface area contributed by atoms with Crippen molar-refractivity contribution in [2.45, 2.75) is 20.3 Å². The van der Waals surface area contributed by atoms with Gasteiger partial charge in [0.2, 0.25) is 0 Å². The van der Waals surface area contributed by atoms with E-state index in [9.17, 15) is 4.79 Å². The van der Waals surface area contributed by atoms with Crippen LogP contribution in [0.5, 0.6) is 5.75 Å². The van der Waals surface area contributed by atoms with Crippen molar-refractivity contribution < 1.29 is 9.53 Å². The Morgan fingerprint density at radius 3 is 3.00 bits per heavy atom. The number of hydrogen-bond acceptors (Lipinski definition) is 2. The van der Waals surface area contributed by atoms with Crippen LogP contribution in [0.25, 0.3) is 6.08 Å². The van der Waals surface area contributed by atoms with Gasteiger partial charge < -0.3 is 10.1 Å². The number of nitrogens with one attached hydrogen (secondary N) is 1. The second-order valence-electron chi connectivity index (χ2n) is 5.08. The summed E-state index contributed by atoms with van der Waals surface area (Å²) < 4.78 is 6.57. The Morgan fingerprint density at radius 1 is 1.47 bits per heavy atom. The van der Waals surface area contributed by atoms with Gasteiger partial charge in [0.05, 0.1) is 5.57 Å². The lowest BCUT2D eigenvalue weighted by Crippen LogP contribution is -2.29. The van der Waals surface area contributed by atoms with E-state index < -0.39 is 0 Å². The fraction of sp³-hybridized carbons (Fsp3) is 0.400. The summed E-state index contributed by atoms with van der Waals surface area (Å²) >= 11 is 3.42. The molecule has 0 bridgehead atoms. The number of benzene rings is 1. The van der Waals surface area contributed by atoms with Gasteiger partial charge in [0.25, 0.3) is 5.91 Å².